The molecule has 6 fully saturated rings. The normalized spacial score (nSPS) is 44.3. The Labute approximate surface area is 297 Å². The van der Waals surface area contributed by atoms with E-state index in [0.29, 0.717) is 28.8 Å². The second kappa shape index (κ2) is 11.8. The van der Waals surface area contributed by atoms with Crippen molar-refractivity contribution in [1.82, 2.24) is 0 Å². The first-order valence-electron chi connectivity index (χ1n) is 20.7. The fourth-order valence-corrected chi connectivity index (χ4v) is 14.2. The highest BCUT2D eigenvalue weighted by molar-refractivity contribution is 6.74. The summed E-state index contributed by atoms with van der Waals surface area (Å²) < 4.78 is 20.8. The van der Waals surface area contributed by atoms with Crippen molar-refractivity contribution in [2.45, 2.75) is 199 Å². The molecule has 3 nitrogen and oxygen atoms in total. The van der Waals surface area contributed by atoms with Gasteiger partial charge in [-0.25, -0.2) is 0 Å². The SMILES string of the molecule is C=C(C1CC(B2OC(C)(C)C(C)(C)O2)(C2CCCCC2)C1)[C@H]1CC[C@H]2[C@@H]3CC=C4C[C@@H](O[Si](C)(C)C(C)(C)C)CC[C@]4(C)[C@H]3CC[C@]12C. The van der Waals surface area contributed by atoms with E-state index in [1.54, 1.807) is 11.1 Å². The average molecular weight is 677 g/mol. The lowest BCUT2D eigenvalue weighted by molar-refractivity contribution is -0.0468. The molecule has 48 heavy (non-hydrogen) atoms. The summed E-state index contributed by atoms with van der Waals surface area (Å²) in [4.78, 5) is 0. The molecule has 1 heterocycles. The molecule has 7 aliphatic rings. The van der Waals surface area contributed by atoms with Gasteiger partial charge in [-0.1, -0.05) is 90.5 Å². The number of hydrogen-bond acceptors (Lipinski definition) is 3. The van der Waals surface area contributed by atoms with Gasteiger partial charge < -0.3 is 13.7 Å². The summed E-state index contributed by atoms with van der Waals surface area (Å²) in [5.41, 5.74) is 3.65. The third-order valence-electron chi connectivity index (χ3n) is 17.7. The molecule has 0 unspecified atom stereocenters. The Hall–Kier alpha value is -0.358. The number of allylic oxidation sites excluding steroid dienone is 2. The molecule has 270 valence electrons. The van der Waals surface area contributed by atoms with E-state index >= 15 is 0 Å². The molecular weight excluding hydrogens is 603 g/mol. The van der Waals surface area contributed by atoms with E-state index in [2.05, 4.69) is 81.5 Å². The molecule has 5 saturated carbocycles. The van der Waals surface area contributed by atoms with Gasteiger partial charge in [-0.15, -0.1) is 0 Å². The van der Waals surface area contributed by atoms with Crippen LogP contribution in [0, 0.1) is 46.3 Å². The van der Waals surface area contributed by atoms with Crippen LogP contribution in [0.2, 0.25) is 23.4 Å². The Morgan fingerprint density at radius 3 is 2.12 bits per heavy atom. The van der Waals surface area contributed by atoms with Crippen LogP contribution in [-0.2, 0) is 13.7 Å². The van der Waals surface area contributed by atoms with Crippen molar-refractivity contribution in [2.24, 2.45) is 46.3 Å². The summed E-state index contributed by atoms with van der Waals surface area (Å²) in [5, 5.41) is 0.446. The molecule has 0 N–H and O–H groups in total. The minimum atomic E-state index is -1.75. The second-order valence-corrected chi connectivity index (χ2v) is 26.3. The molecule has 0 bridgehead atoms. The summed E-state index contributed by atoms with van der Waals surface area (Å²) in [6, 6.07) is 0. The zero-order valence-electron chi connectivity index (χ0n) is 33.2. The minimum Gasteiger partial charge on any atom is -0.414 e. The van der Waals surface area contributed by atoms with Gasteiger partial charge in [-0.05, 0) is 156 Å². The van der Waals surface area contributed by atoms with Crippen LogP contribution in [0.25, 0.3) is 0 Å². The summed E-state index contributed by atoms with van der Waals surface area (Å²) in [6.45, 7) is 31.4. The predicted octanol–water partition coefficient (Wildman–Crippen LogP) is 12.3. The van der Waals surface area contributed by atoms with Crippen molar-refractivity contribution < 1.29 is 13.7 Å². The fourth-order valence-electron chi connectivity index (χ4n) is 12.8. The van der Waals surface area contributed by atoms with Crippen molar-refractivity contribution in [2.75, 3.05) is 0 Å². The van der Waals surface area contributed by atoms with E-state index < -0.39 is 8.32 Å². The lowest BCUT2D eigenvalue weighted by atomic mass is 9.36. The van der Waals surface area contributed by atoms with Crippen LogP contribution in [0.4, 0.5) is 0 Å². The highest BCUT2D eigenvalue weighted by atomic mass is 28.4. The zero-order chi connectivity index (χ0) is 34.7. The largest absolute Gasteiger partial charge is 0.464 e. The van der Waals surface area contributed by atoms with Gasteiger partial charge >= 0.3 is 7.12 Å². The molecule has 1 aliphatic heterocycles. The Kier molecular flexibility index (Phi) is 8.87. The topological polar surface area (TPSA) is 27.7 Å². The van der Waals surface area contributed by atoms with Crippen molar-refractivity contribution in [1.29, 1.82) is 0 Å². The van der Waals surface area contributed by atoms with Crippen LogP contribution in [0.15, 0.2) is 23.8 Å². The van der Waals surface area contributed by atoms with Crippen molar-refractivity contribution >= 4 is 15.4 Å². The van der Waals surface area contributed by atoms with Gasteiger partial charge in [0.15, 0.2) is 8.32 Å². The van der Waals surface area contributed by atoms with Crippen LogP contribution in [-0.4, -0.2) is 32.7 Å². The smallest absolute Gasteiger partial charge is 0.414 e. The number of rotatable bonds is 6. The standard InChI is InChI=1S/C43H73BO3Si/c1-29(30-27-43(28-30,31-16-14-13-15-17-31)44-46-39(5,6)40(7,8)47-44)35-20-21-36-34-19-18-32-26-33(45-48(11,12)38(2,3)4)22-24-41(32,9)37(34)23-25-42(35,36)10/h18,30-31,33-37H,1,13-17,19-28H2,2-12H3/t30?,33-,34-,35+,36-,37-,41-,42+,43?/m0/s1. The number of fused-ring (bicyclic) bond motifs is 5. The monoisotopic (exact) mass is 677 g/mol. The lowest BCUT2D eigenvalue weighted by Gasteiger charge is -2.59. The van der Waals surface area contributed by atoms with Gasteiger partial charge in [0.1, 0.15) is 0 Å². The van der Waals surface area contributed by atoms with Crippen molar-refractivity contribution in [3.05, 3.63) is 23.8 Å². The van der Waals surface area contributed by atoms with Gasteiger partial charge in [0.25, 0.3) is 0 Å². The van der Waals surface area contributed by atoms with Crippen LogP contribution < -0.4 is 0 Å². The highest BCUT2D eigenvalue weighted by Gasteiger charge is 2.67. The second-order valence-electron chi connectivity index (χ2n) is 21.5. The molecular formula is C43H73BO3Si. The first-order chi connectivity index (χ1) is 22.2. The predicted molar refractivity (Wildman–Crippen MR) is 204 cm³/mol. The van der Waals surface area contributed by atoms with E-state index in [4.69, 9.17) is 20.3 Å². The van der Waals surface area contributed by atoms with E-state index in [9.17, 15) is 0 Å². The molecule has 0 amide bonds. The van der Waals surface area contributed by atoms with E-state index in [1.807, 2.05) is 0 Å². The molecule has 7 atom stereocenters. The van der Waals surface area contributed by atoms with Crippen LogP contribution in [0.1, 0.15) is 159 Å². The van der Waals surface area contributed by atoms with Gasteiger partial charge in [0, 0.05) is 11.4 Å². The molecule has 0 aromatic heterocycles. The van der Waals surface area contributed by atoms with E-state index in [1.165, 1.54) is 96.3 Å². The highest BCUT2D eigenvalue weighted by Crippen LogP contribution is 2.71. The summed E-state index contributed by atoms with van der Waals surface area (Å²) >= 11 is 0. The molecule has 0 spiro atoms. The summed E-state index contributed by atoms with van der Waals surface area (Å²) in [5.74, 6) is 4.60. The van der Waals surface area contributed by atoms with Crippen molar-refractivity contribution in [3.8, 4) is 0 Å². The van der Waals surface area contributed by atoms with E-state index in [-0.39, 0.29) is 28.7 Å². The van der Waals surface area contributed by atoms with Gasteiger partial charge in [0.05, 0.1) is 11.2 Å². The molecule has 6 aliphatic carbocycles. The lowest BCUT2D eigenvalue weighted by Crippen LogP contribution is -2.53. The Bertz CT molecular complexity index is 1260. The third kappa shape index (κ3) is 5.50. The van der Waals surface area contributed by atoms with Crippen LogP contribution in [0.3, 0.4) is 0 Å². The third-order valence-corrected chi connectivity index (χ3v) is 22.2. The molecule has 0 aromatic rings. The molecule has 7 rings (SSSR count). The Morgan fingerprint density at radius 1 is 0.854 bits per heavy atom. The average Bonchev–Trinajstić information content (AvgIpc) is 3.43. The van der Waals surface area contributed by atoms with Gasteiger partial charge in [-0.3, -0.25) is 0 Å². The molecule has 1 saturated heterocycles. The van der Waals surface area contributed by atoms with Crippen LogP contribution >= 0.6 is 0 Å². The quantitative estimate of drug-likeness (QED) is 0.207. The maximum Gasteiger partial charge on any atom is 0.464 e. The van der Waals surface area contributed by atoms with Gasteiger partial charge in [-0.2, -0.15) is 0 Å². The van der Waals surface area contributed by atoms with Gasteiger partial charge in [0.2, 0.25) is 0 Å². The first kappa shape index (κ1) is 36.0. The summed E-state index contributed by atoms with van der Waals surface area (Å²) in [7, 11) is -1.82. The number of hydrogen-bond donors (Lipinski definition) is 0. The first-order valence-corrected chi connectivity index (χ1v) is 23.6. The maximum atomic E-state index is 7.02. The molecule has 0 radical (unpaired) electrons. The minimum absolute atomic E-state index is 0.0664. The summed E-state index contributed by atoms with van der Waals surface area (Å²) in [6.07, 6.45) is 23.1. The van der Waals surface area contributed by atoms with Crippen LogP contribution in [0.5, 0.6) is 0 Å². The molecule has 5 heteroatoms. The Morgan fingerprint density at radius 2 is 1.50 bits per heavy atom. The van der Waals surface area contributed by atoms with Crippen molar-refractivity contribution in [3.63, 3.8) is 0 Å². The Balaban J connectivity index is 1.05. The van der Waals surface area contributed by atoms with E-state index in [0.717, 1.165) is 23.7 Å². The maximum absolute atomic E-state index is 7.02. The molecule has 0 aromatic carbocycles. The zero-order valence-corrected chi connectivity index (χ0v) is 34.2. The fraction of sp³-hybridized carbons (Fsp3) is 0.907.